The van der Waals surface area contributed by atoms with Gasteiger partial charge in [0.15, 0.2) is 0 Å². The lowest BCUT2D eigenvalue weighted by molar-refractivity contribution is 0.0789. The van der Waals surface area contributed by atoms with Crippen LogP contribution in [0.1, 0.15) is 29.4 Å². The molecule has 0 radical (unpaired) electrons. The molecule has 1 atom stereocenters. The Kier molecular flexibility index (Phi) is 4.55. The quantitative estimate of drug-likeness (QED) is 0.862. The topological polar surface area (TPSA) is 74.3 Å². The van der Waals surface area contributed by atoms with Gasteiger partial charge in [0.2, 0.25) is 0 Å². The molecule has 1 aliphatic rings. The summed E-state index contributed by atoms with van der Waals surface area (Å²) < 4.78 is 0. The Morgan fingerprint density at radius 3 is 2.90 bits per heavy atom. The first-order valence-electron chi connectivity index (χ1n) is 6.86. The fourth-order valence-electron chi connectivity index (χ4n) is 2.24. The average Bonchev–Trinajstić information content (AvgIpc) is 2.87. The molecule has 20 heavy (non-hydrogen) atoms. The van der Waals surface area contributed by atoms with Crippen LogP contribution < -0.4 is 10.6 Å². The Morgan fingerprint density at radius 2 is 2.25 bits per heavy atom. The number of aromatic nitrogens is 1. The number of hydrogen-bond donors (Lipinski definition) is 2. The van der Waals surface area contributed by atoms with Crippen LogP contribution in [0, 0.1) is 6.92 Å². The number of amides is 3. The summed E-state index contributed by atoms with van der Waals surface area (Å²) >= 11 is 0. The lowest BCUT2D eigenvalue weighted by Gasteiger charge is -2.17. The largest absolute Gasteiger partial charge is 0.338 e. The Morgan fingerprint density at radius 1 is 1.45 bits per heavy atom. The van der Waals surface area contributed by atoms with Crippen molar-refractivity contribution in [2.45, 2.75) is 26.3 Å². The second-order valence-electron chi connectivity index (χ2n) is 4.93. The maximum atomic E-state index is 12.3. The maximum absolute atomic E-state index is 12.3. The van der Waals surface area contributed by atoms with E-state index < -0.39 is 0 Å². The Bertz CT molecular complexity index is 486. The van der Waals surface area contributed by atoms with Crippen molar-refractivity contribution in [3.05, 3.63) is 29.6 Å². The van der Waals surface area contributed by atoms with Gasteiger partial charge in [0.25, 0.3) is 5.91 Å². The zero-order chi connectivity index (χ0) is 14.5. The highest BCUT2D eigenvalue weighted by molar-refractivity contribution is 5.94. The predicted molar refractivity (Wildman–Crippen MR) is 75.5 cm³/mol. The minimum absolute atomic E-state index is 0.0175. The number of carbonyl (C=O) groups is 2. The molecule has 2 rings (SSSR count). The van der Waals surface area contributed by atoms with Crippen molar-refractivity contribution in [1.29, 1.82) is 0 Å². The Balaban J connectivity index is 1.90. The van der Waals surface area contributed by atoms with Gasteiger partial charge >= 0.3 is 6.03 Å². The van der Waals surface area contributed by atoms with Crippen LogP contribution in [0.5, 0.6) is 0 Å². The van der Waals surface area contributed by atoms with E-state index in [4.69, 9.17) is 0 Å². The van der Waals surface area contributed by atoms with Gasteiger partial charge in [-0.3, -0.25) is 9.78 Å². The van der Waals surface area contributed by atoms with Crippen molar-refractivity contribution in [1.82, 2.24) is 20.5 Å². The fraction of sp³-hybridized carbons (Fsp3) is 0.500. The minimum atomic E-state index is -0.177. The molecule has 6 heteroatoms. The Hall–Kier alpha value is -2.11. The van der Waals surface area contributed by atoms with Crippen LogP contribution in [-0.2, 0) is 0 Å². The number of rotatable bonds is 3. The molecule has 0 unspecified atom stereocenters. The average molecular weight is 276 g/mol. The number of hydrogen-bond acceptors (Lipinski definition) is 3. The highest BCUT2D eigenvalue weighted by Gasteiger charge is 2.27. The van der Waals surface area contributed by atoms with E-state index in [0.717, 1.165) is 12.1 Å². The van der Waals surface area contributed by atoms with Crippen LogP contribution in [0.25, 0.3) is 0 Å². The lowest BCUT2D eigenvalue weighted by Crippen LogP contribution is -2.43. The van der Waals surface area contributed by atoms with Crippen molar-refractivity contribution in [2.24, 2.45) is 0 Å². The van der Waals surface area contributed by atoms with Gasteiger partial charge < -0.3 is 15.5 Å². The molecule has 1 aromatic rings. The summed E-state index contributed by atoms with van der Waals surface area (Å²) in [4.78, 5) is 29.6. The van der Waals surface area contributed by atoms with Gasteiger partial charge in [-0.25, -0.2) is 4.79 Å². The van der Waals surface area contributed by atoms with Crippen molar-refractivity contribution in [3.8, 4) is 0 Å². The van der Waals surface area contributed by atoms with Gasteiger partial charge in [0, 0.05) is 37.6 Å². The summed E-state index contributed by atoms with van der Waals surface area (Å²) in [6, 6.07) is 3.45. The van der Waals surface area contributed by atoms with Crippen LogP contribution in [0.4, 0.5) is 4.79 Å². The molecule has 0 aliphatic carbocycles. The summed E-state index contributed by atoms with van der Waals surface area (Å²) in [6.45, 7) is 5.55. The maximum Gasteiger partial charge on any atom is 0.315 e. The van der Waals surface area contributed by atoms with Gasteiger partial charge in [-0.1, -0.05) is 0 Å². The zero-order valence-electron chi connectivity index (χ0n) is 11.8. The van der Waals surface area contributed by atoms with E-state index in [1.54, 1.807) is 17.2 Å². The molecule has 1 aromatic heterocycles. The van der Waals surface area contributed by atoms with Crippen molar-refractivity contribution >= 4 is 11.9 Å². The first kappa shape index (κ1) is 14.3. The van der Waals surface area contributed by atoms with Crippen molar-refractivity contribution < 1.29 is 9.59 Å². The highest BCUT2D eigenvalue weighted by atomic mass is 16.2. The molecule has 3 amide bonds. The van der Waals surface area contributed by atoms with E-state index in [2.05, 4.69) is 15.6 Å². The normalized spacial score (nSPS) is 17.9. The van der Waals surface area contributed by atoms with Crippen LogP contribution in [0.15, 0.2) is 18.3 Å². The summed E-state index contributed by atoms with van der Waals surface area (Å²) in [6.07, 6.45) is 2.38. The van der Waals surface area contributed by atoms with Crippen LogP contribution in [0.2, 0.25) is 0 Å². The SMILES string of the molecule is CCNC(=O)N[C@@H]1CCN(C(=O)c2ccc(C)nc2)C1. The van der Waals surface area contributed by atoms with Gasteiger partial charge in [0.05, 0.1) is 5.56 Å². The summed E-state index contributed by atoms with van der Waals surface area (Å²) in [5.74, 6) is -0.0299. The third-order valence-electron chi connectivity index (χ3n) is 3.31. The molecule has 6 nitrogen and oxygen atoms in total. The highest BCUT2D eigenvalue weighted by Crippen LogP contribution is 2.13. The molecule has 2 N–H and O–H groups in total. The van der Waals surface area contributed by atoms with Crippen molar-refractivity contribution in [3.63, 3.8) is 0 Å². The third kappa shape index (κ3) is 3.46. The van der Waals surface area contributed by atoms with E-state index in [0.29, 0.717) is 25.2 Å². The number of pyridine rings is 1. The molecule has 0 bridgehead atoms. The van der Waals surface area contributed by atoms with Gasteiger partial charge in [-0.2, -0.15) is 0 Å². The molecule has 0 aromatic carbocycles. The molecular weight excluding hydrogens is 256 g/mol. The first-order chi connectivity index (χ1) is 9.60. The smallest absolute Gasteiger partial charge is 0.315 e. The summed E-state index contributed by atoms with van der Waals surface area (Å²) in [5, 5.41) is 5.56. The fourth-order valence-corrected chi connectivity index (χ4v) is 2.24. The van der Waals surface area contributed by atoms with E-state index in [-0.39, 0.29) is 18.0 Å². The second-order valence-corrected chi connectivity index (χ2v) is 4.93. The molecular formula is C14H20N4O2. The number of carbonyl (C=O) groups excluding carboxylic acids is 2. The number of urea groups is 1. The van der Waals surface area contributed by atoms with Crippen molar-refractivity contribution in [2.75, 3.05) is 19.6 Å². The Labute approximate surface area is 118 Å². The van der Waals surface area contributed by atoms with Gasteiger partial charge in [0.1, 0.15) is 0 Å². The second kappa shape index (κ2) is 6.36. The third-order valence-corrected chi connectivity index (χ3v) is 3.31. The lowest BCUT2D eigenvalue weighted by atomic mass is 10.2. The van der Waals surface area contributed by atoms with E-state index in [9.17, 15) is 9.59 Å². The molecule has 0 saturated carbocycles. The van der Waals surface area contributed by atoms with Crippen LogP contribution in [-0.4, -0.2) is 47.5 Å². The number of likely N-dealkylation sites (tertiary alicyclic amines) is 1. The van der Waals surface area contributed by atoms with E-state index >= 15 is 0 Å². The standard InChI is InChI=1S/C14H20N4O2/c1-3-15-14(20)17-12-6-7-18(9-12)13(19)11-5-4-10(2)16-8-11/h4-5,8,12H,3,6-7,9H2,1-2H3,(H2,15,17,20)/t12-/m1/s1. The molecule has 1 aliphatic heterocycles. The van der Waals surface area contributed by atoms with Gasteiger partial charge in [-0.05, 0) is 32.4 Å². The molecule has 0 spiro atoms. The zero-order valence-corrected chi connectivity index (χ0v) is 11.8. The first-order valence-corrected chi connectivity index (χ1v) is 6.86. The van der Waals surface area contributed by atoms with Gasteiger partial charge in [-0.15, -0.1) is 0 Å². The monoisotopic (exact) mass is 276 g/mol. The predicted octanol–water partition coefficient (Wildman–Crippen LogP) is 0.924. The number of aryl methyl sites for hydroxylation is 1. The van der Waals surface area contributed by atoms with E-state index in [1.807, 2.05) is 19.9 Å². The molecule has 108 valence electrons. The van der Waals surface area contributed by atoms with E-state index in [1.165, 1.54) is 0 Å². The summed E-state index contributed by atoms with van der Waals surface area (Å²) in [5.41, 5.74) is 1.48. The molecule has 1 saturated heterocycles. The molecule has 1 fully saturated rings. The summed E-state index contributed by atoms with van der Waals surface area (Å²) in [7, 11) is 0. The number of nitrogens with zero attached hydrogens (tertiary/aromatic N) is 2. The van der Waals surface area contributed by atoms with Crippen LogP contribution in [0.3, 0.4) is 0 Å². The molecule has 2 heterocycles. The minimum Gasteiger partial charge on any atom is -0.338 e. The number of nitrogens with one attached hydrogen (secondary N) is 2. The van der Waals surface area contributed by atoms with Crippen LogP contribution >= 0.6 is 0 Å².